The van der Waals surface area contributed by atoms with Gasteiger partial charge in [-0.1, -0.05) is 37.5 Å². The van der Waals surface area contributed by atoms with Crippen LogP contribution in [0.5, 0.6) is 0 Å². The third-order valence-electron chi connectivity index (χ3n) is 3.40. The van der Waals surface area contributed by atoms with E-state index >= 15 is 0 Å². The molecule has 0 aliphatic carbocycles. The molecule has 4 nitrogen and oxygen atoms in total. The molecule has 1 amide bonds. The van der Waals surface area contributed by atoms with Crippen molar-refractivity contribution in [1.29, 1.82) is 0 Å². The van der Waals surface area contributed by atoms with Crippen LogP contribution in [0, 0.1) is 6.92 Å². The van der Waals surface area contributed by atoms with Gasteiger partial charge in [0.05, 0.1) is 0 Å². The van der Waals surface area contributed by atoms with Gasteiger partial charge < -0.3 is 10.6 Å². The van der Waals surface area contributed by atoms with Crippen molar-refractivity contribution < 1.29 is 4.79 Å². The summed E-state index contributed by atoms with van der Waals surface area (Å²) in [6.07, 6.45) is 4.92. The average molecular weight is 297 g/mol. The molecule has 22 heavy (non-hydrogen) atoms. The van der Waals surface area contributed by atoms with E-state index in [1.165, 1.54) is 5.56 Å². The molecule has 4 heteroatoms. The summed E-state index contributed by atoms with van der Waals surface area (Å²) < 4.78 is 0. The smallest absolute Gasteiger partial charge is 0.269 e. The molecule has 1 aromatic carbocycles. The summed E-state index contributed by atoms with van der Waals surface area (Å²) in [6.45, 7) is 4.89. The first-order chi connectivity index (χ1) is 10.7. The molecule has 0 saturated carbocycles. The van der Waals surface area contributed by atoms with Gasteiger partial charge in [0.15, 0.2) is 0 Å². The molecule has 0 saturated heterocycles. The zero-order valence-corrected chi connectivity index (χ0v) is 13.2. The standard InChI is InChI=1S/C18H23N3O/c1-3-4-5-11-20-18(22)17-13-16(10-12-19-17)21-15-8-6-14(2)7-9-15/h6-10,12-13H,3-5,11H2,1-2H3,(H,19,21)(H,20,22). The van der Waals surface area contributed by atoms with E-state index in [0.29, 0.717) is 12.2 Å². The van der Waals surface area contributed by atoms with Gasteiger partial charge in [-0.05, 0) is 37.6 Å². The second-order valence-corrected chi connectivity index (χ2v) is 5.38. The van der Waals surface area contributed by atoms with Crippen LogP contribution in [0.2, 0.25) is 0 Å². The summed E-state index contributed by atoms with van der Waals surface area (Å²) in [7, 11) is 0. The summed E-state index contributed by atoms with van der Waals surface area (Å²) in [4.78, 5) is 16.2. The van der Waals surface area contributed by atoms with Crippen LogP contribution in [0.4, 0.5) is 11.4 Å². The van der Waals surface area contributed by atoms with Crippen molar-refractivity contribution >= 4 is 17.3 Å². The van der Waals surface area contributed by atoms with Crippen LogP contribution in [0.15, 0.2) is 42.6 Å². The van der Waals surface area contributed by atoms with Crippen LogP contribution < -0.4 is 10.6 Å². The number of amides is 1. The molecule has 0 spiro atoms. The number of nitrogens with one attached hydrogen (secondary N) is 2. The molecule has 0 atom stereocenters. The number of nitrogens with zero attached hydrogens (tertiary/aromatic N) is 1. The summed E-state index contributed by atoms with van der Waals surface area (Å²) >= 11 is 0. The number of carbonyl (C=O) groups excluding carboxylic acids is 1. The minimum atomic E-state index is -0.122. The molecule has 0 aliphatic heterocycles. The maximum absolute atomic E-state index is 12.1. The van der Waals surface area contributed by atoms with Crippen LogP contribution in [-0.2, 0) is 0 Å². The highest BCUT2D eigenvalue weighted by Gasteiger charge is 2.07. The van der Waals surface area contributed by atoms with Gasteiger partial charge in [0.25, 0.3) is 5.91 Å². The normalized spacial score (nSPS) is 10.3. The summed E-state index contributed by atoms with van der Waals surface area (Å²) in [5.41, 5.74) is 3.50. The molecule has 0 aliphatic rings. The first kappa shape index (κ1) is 16.0. The first-order valence-corrected chi connectivity index (χ1v) is 7.77. The molecule has 1 heterocycles. The topological polar surface area (TPSA) is 54.0 Å². The van der Waals surface area contributed by atoms with Crippen molar-refractivity contribution in [3.05, 3.63) is 53.9 Å². The third-order valence-corrected chi connectivity index (χ3v) is 3.40. The minimum Gasteiger partial charge on any atom is -0.355 e. The lowest BCUT2D eigenvalue weighted by molar-refractivity contribution is 0.0948. The molecule has 0 fully saturated rings. The van der Waals surface area contributed by atoms with Crippen molar-refractivity contribution in [2.75, 3.05) is 11.9 Å². The van der Waals surface area contributed by atoms with Crippen LogP contribution in [0.25, 0.3) is 0 Å². The quantitative estimate of drug-likeness (QED) is 0.758. The Morgan fingerprint density at radius 1 is 1.09 bits per heavy atom. The fourth-order valence-corrected chi connectivity index (χ4v) is 2.10. The lowest BCUT2D eigenvalue weighted by Crippen LogP contribution is -2.25. The van der Waals surface area contributed by atoms with E-state index in [1.807, 2.05) is 30.3 Å². The molecule has 2 rings (SSSR count). The van der Waals surface area contributed by atoms with Crippen LogP contribution in [0.3, 0.4) is 0 Å². The molecule has 2 N–H and O–H groups in total. The monoisotopic (exact) mass is 297 g/mol. The second-order valence-electron chi connectivity index (χ2n) is 5.38. The van der Waals surface area contributed by atoms with Gasteiger partial charge in [0, 0.05) is 24.1 Å². The molecule has 1 aromatic heterocycles. The Kier molecular flexibility index (Phi) is 5.95. The predicted molar refractivity (Wildman–Crippen MR) is 90.6 cm³/mol. The van der Waals surface area contributed by atoms with Crippen molar-refractivity contribution in [2.45, 2.75) is 33.1 Å². The van der Waals surface area contributed by atoms with Crippen LogP contribution in [0.1, 0.15) is 42.2 Å². The number of pyridine rings is 1. The van der Waals surface area contributed by atoms with Gasteiger partial charge in [-0.3, -0.25) is 9.78 Å². The summed E-state index contributed by atoms with van der Waals surface area (Å²) in [6, 6.07) is 11.7. The summed E-state index contributed by atoms with van der Waals surface area (Å²) in [5, 5.41) is 6.19. The number of aromatic nitrogens is 1. The molecule has 0 radical (unpaired) electrons. The van der Waals surface area contributed by atoms with E-state index in [0.717, 1.165) is 30.6 Å². The maximum Gasteiger partial charge on any atom is 0.269 e. The summed E-state index contributed by atoms with van der Waals surface area (Å²) in [5.74, 6) is -0.122. The number of anilines is 2. The van der Waals surface area contributed by atoms with Crippen LogP contribution in [-0.4, -0.2) is 17.4 Å². The van der Waals surface area contributed by atoms with Crippen molar-refractivity contribution in [3.8, 4) is 0 Å². The highest BCUT2D eigenvalue weighted by atomic mass is 16.1. The SMILES string of the molecule is CCCCCNC(=O)c1cc(Nc2ccc(C)cc2)ccn1. The minimum absolute atomic E-state index is 0.122. The number of aryl methyl sites for hydroxylation is 1. The molecule has 0 unspecified atom stereocenters. The lowest BCUT2D eigenvalue weighted by Gasteiger charge is -2.09. The van der Waals surface area contributed by atoms with E-state index in [-0.39, 0.29) is 5.91 Å². The Labute approximate surface area is 132 Å². The Morgan fingerprint density at radius 3 is 2.59 bits per heavy atom. The number of rotatable bonds is 7. The largest absolute Gasteiger partial charge is 0.355 e. The van der Waals surface area contributed by atoms with E-state index in [4.69, 9.17) is 0 Å². The van der Waals surface area contributed by atoms with Crippen molar-refractivity contribution in [1.82, 2.24) is 10.3 Å². The van der Waals surface area contributed by atoms with Gasteiger partial charge in [0.1, 0.15) is 5.69 Å². The van der Waals surface area contributed by atoms with Crippen LogP contribution >= 0.6 is 0 Å². The average Bonchev–Trinajstić information content (AvgIpc) is 2.54. The number of unbranched alkanes of at least 4 members (excludes halogenated alkanes) is 2. The highest BCUT2D eigenvalue weighted by Crippen LogP contribution is 2.17. The molecule has 116 valence electrons. The van der Waals surface area contributed by atoms with E-state index < -0.39 is 0 Å². The van der Waals surface area contributed by atoms with Gasteiger partial charge in [-0.2, -0.15) is 0 Å². The Bertz CT molecular complexity index is 608. The Hall–Kier alpha value is -2.36. The Morgan fingerprint density at radius 2 is 1.86 bits per heavy atom. The second kappa shape index (κ2) is 8.17. The number of benzene rings is 1. The fourth-order valence-electron chi connectivity index (χ4n) is 2.10. The van der Waals surface area contributed by atoms with Gasteiger partial charge >= 0.3 is 0 Å². The molecular weight excluding hydrogens is 274 g/mol. The Balaban J connectivity index is 1.97. The third kappa shape index (κ3) is 4.88. The number of hydrogen-bond acceptors (Lipinski definition) is 3. The predicted octanol–water partition coefficient (Wildman–Crippen LogP) is 4.05. The highest BCUT2D eigenvalue weighted by molar-refractivity contribution is 5.93. The van der Waals surface area contributed by atoms with E-state index in [9.17, 15) is 4.79 Å². The molecule has 2 aromatic rings. The van der Waals surface area contributed by atoms with Gasteiger partial charge in [-0.15, -0.1) is 0 Å². The molecular formula is C18H23N3O. The lowest BCUT2D eigenvalue weighted by atomic mass is 10.2. The zero-order chi connectivity index (χ0) is 15.8. The zero-order valence-electron chi connectivity index (χ0n) is 13.2. The van der Waals surface area contributed by atoms with E-state index in [2.05, 4.69) is 29.5 Å². The molecule has 0 bridgehead atoms. The van der Waals surface area contributed by atoms with E-state index in [1.54, 1.807) is 12.3 Å². The maximum atomic E-state index is 12.1. The fraction of sp³-hybridized carbons (Fsp3) is 0.333. The number of carbonyl (C=O) groups is 1. The van der Waals surface area contributed by atoms with Crippen molar-refractivity contribution in [3.63, 3.8) is 0 Å². The number of hydrogen-bond donors (Lipinski definition) is 2. The van der Waals surface area contributed by atoms with Crippen molar-refractivity contribution in [2.24, 2.45) is 0 Å². The van der Waals surface area contributed by atoms with Gasteiger partial charge in [-0.25, -0.2) is 0 Å². The van der Waals surface area contributed by atoms with Gasteiger partial charge in [0.2, 0.25) is 0 Å². The first-order valence-electron chi connectivity index (χ1n) is 7.77.